The van der Waals surface area contributed by atoms with Crippen LogP contribution in [0, 0.1) is 5.82 Å². The van der Waals surface area contributed by atoms with E-state index >= 15 is 0 Å². The first-order valence-corrected chi connectivity index (χ1v) is 7.44. The number of aryl methyl sites for hydroxylation is 1. The number of nitrogens with zero attached hydrogens (tertiary/aromatic N) is 3. The molecule has 1 aromatic heterocycles. The van der Waals surface area contributed by atoms with Crippen molar-refractivity contribution in [2.45, 2.75) is 25.9 Å². The van der Waals surface area contributed by atoms with E-state index in [1.807, 2.05) is 25.5 Å². The number of rotatable bonds is 5. The first-order chi connectivity index (χ1) is 10.2. The van der Waals surface area contributed by atoms with E-state index in [-0.39, 0.29) is 5.82 Å². The zero-order chi connectivity index (χ0) is 14.7. The van der Waals surface area contributed by atoms with Crippen molar-refractivity contribution >= 4 is 5.69 Å². The molecule has 0 bridgehead atoms. The Morgan fingerprint density at radius 3 is 2.76 bits per heavy atom. The van der Waals surface area contributed by atoms with Gasteiger partial charge in [0, 0.05) is 56.2 Å². The molecule has 1 aliphatic heterocycles. The highest BCUT2D eigenvalue weighted by atomic mass is 19.1. The van der Waals surface area contributed by atoms with E-state index in [0.717, 1.165) is 29.9 Å². The van der Waals surface area contributed by atoms with Crippen LogP contribution in [0.1, 0.15) is 24.0 Å². The molecule has 0 spiro atoms. The number of nitrogens with one attached hydrogen (secondary N) is 1. The summed E-state index contributed by atoms with van der Waals surface area (Å²) in [5, 5.41) is 7.45. The fourth-order valence-electron chi connectivity index (χ4n) is 2.87. The minimum atomic E-state index is -0.127. The van der Waals surface area contributed by atoms with E-state index in [0.29, 0.717) is 13.1 Å². The number of aromatic nitrogens is 2. The Morgan fingerprint density at radius 2 is 2.05 bits per heavy atom. The van der Waals surface area contributed by atoms with Crippen LogP contribution in [-0.4, -0.2) is 22.9 Å². The van der Waals surface area contributed by atoms with E-state index in [9.17, 15) is 4.39 Å². The van der Waals surface area contributed by atoms with Crippen LogP contribution in [0.5, 0.6) is 0 Å². The molecule has 5 heteroatoms. The molecule has 0 aliphatic carbocycles. The summed E-state index contributed by atoms with van der Waals surface area (Å²) in [5.74, 6) is -0.127. The quantitative estimate of drug-likeness (QED) is 0.917. The Kier molecular flexibility index (Phi) is 4.20. The van der Waals surface area contributed by atoms with Gasteiger partial charge in [-0.25, -0.2) is 4.39 Å². The number of hydrogen-bond donors (Lipinski definition) is 1. The highest BCUT2D eigenvalue weighted by Crippen LogP contribution is 2.26. The van der Waals surface area contributed by atoms with Gasteiger partial charge in [-0.15, -0.1) is 0 Å². The van der Waals surface area contributed by atoms with Crippen molar-refractivity contribution in [1.82, 2.24) is 15.1 Å². The summed E-state index contributed by atoms with van der Waals surface area (Å²) < 4.78 is 15.9. The maximum atomic E-state index is 14.2. The molecule has 1 aliphatic rings. The fourth-order valence-corrected chi connectivity index (χ4v) is 2.87. The van der Waals surface area contributed by atoms with E-state index in [4.69, 9.17) is 0 Å². The van der Waals surface area contributed by atoms with Crippen LogP contribution in [0.15, 0.2) is 30.6 Å². The lowest BCUT2D eigenvalue weighted by atomic mass is 10.1. The van der Waals surface area contributed by atoms with Crippen molar-refractivity contribution in [3.05, 3.63) is 47.5 Å². The van der Waals surface area contributed by atoms with Crippen molar-refractivity contribution in [1.29, 1.82) is 0 Å². The lowest BCUT2D eigenvalue weighted by molar-refractivity contribution is 0.587. The van der Waals surface area contributed by atoms with Gasteiger partial charge in [0.2, 0.25) is 0 Å². The highest BCUT2D eigenvalue weighted by Gasteiger charge is 2.17. The number of halogens is 1. The van der Waals surface area contributed by atoms with Crippen LogP contribution in [0.4, 0.5) is 10.1 Å². The van der Waals surface area contributed by atoms with Crippen molar-refractivity contribution < 1.29 is 4.39 Å². The molecule has 3 rings (SSSR count). The highest BCUT2D eigenvalue weighted by molar-refractivity contribution is 5.54. The maximum absolute atomic E-state index is 14.2. The molecule has 1 fully saturated rings. The van der Waals surface area contributed by atoms with Gasteiger partial charge >= 0.3 is 0 Å². The maximum Gasteiger partial charge on any atom is 0.129 e. The molecule has 1 saturated heterocycles. The molecule has 0 atom stereocenters. The fraction of sp³-hybridized carbons (Fsp3) is 0.438. The second-order valence-corrected chi connectivity index (χ2v) is 5.56. The lowest BCUT2D eigenvalue weighted by Gasteiger charge is -2.22. The lowest BCUT2D eigenvalue weighted by Crippen LogP contribution is -2.22. The van der Waals surface area contributed by atoms with Gasteiger partial charge in [-0.2, -0.15) is 5.10 Å². The standard InChI is InChI=1S/C16H21FN4/c1-20-12-13(10-19-20)9-18-11-14-15(17)5-4-6-16(14)21-7-2-3-8-21/h4-6,10,12,18H,2-3,7-9,11H2,1H3. The van der Waals surface area contributed by atoms with Crippen LogP contribution in [0.3, 0.4) is 0 Å². The van der Waals surface area contributed by atoms with Crippen molar-refractivity contribution in [2.75, 3.05) is 18.0 Å². The van der Waals surface area contributed by atoms with Gasteiger partial charge in [0.05, 0.1) is 6.20 Å². The first kappa shape index (κ1) is 14.1. The number of benzene rings is 1. The molecule has 112 valence electrons. The zero-order valence-corrected chi connectivity index (χ0v) is 12.3. The molecule has 1 N–H and O–H groups in total. The molecular formula is C16H21FN4. The van der Waals surface area contributed by atoms with Gasteiger partial charge < -0.3 is 10.2 Å². The third kappa shape index (κ3) is 3.24. The Hall–Kier alpha value is -1.88. The van der Waals surface area contributed by atoms with E-state index in [2.05, 4.69) is 15.3 Å². The molecular weight excluding hydrogens is 267 g/mol. The summed E-state index contributed by atoms with van der Waals surface area (Å²) in [6, 6.07) is 5.36. The van der Waals surface area contributed by atoms with Crippen molar-refractivity contribution in [3.63, 3.8) is 0 Å². The summed E-state index contributed by atoms with van der Waals surface area (Å²) >= 11 is 0. The second-order valence-electron chi connectivity index (χ2n) is 5.56. The van der Waals surface area contributed by atoms with Crippen molar-refractivity contribution in [2.24, 2.45) is 7.05 Å². The van der Waals surface area contributed by atoms with Gasteiger partial charge in [-0.1, -0.05) is 6.07 Å². The van der Waals surface area contributed by atoms with E-state index < -0.39 is 0 Å². The van der Waals surface area contributed by atoms with Crippen LogP contribution in [0.25, 0.3) is 0 Å². The molecule has 0 radical (unpaired) electrons. The topological polar surface area (TPSA) is 33.1 Å². The van der Waals surface area contributed by atoms with Crippen LogP contribution >= 0.6 is 0 Å². The van der Waals surface area contributed by atoms with Gasteiger partial charge in [-0.05, 0) is 25.0 Å². The summed E-state index contributed by atoms with van der Waals surface area (Å²) in [6.45, 7) is 3.28. The average molecular weight is 288 g/mol. The molecule has 0 unspecified atom stereocenters. The largest absolute Gasteiger partial charge is 0.371 e. The van der Waals surface area contributed by atoms with Gasteiger partial charge in [0.25, 0.3) is 0 Å². The SMILES string of the molecule is Cn1cc(CNCc2c(F)cccc2N2CCCC2)cn1. The van der Waals surface area contributed by atoms with Crippen LogP contribution < -0.4 is 10.2 Å². The van der Waals surface area contributed by atoms with Gasteiger partial charge in [0.1, 0.15) is 5.82 Å². The van der Waals surface area contributed by atoms with Gasteiger partial charge in [0.15, 0.2) is 0 Å². The third-order valence-electron chi connectivity index (χ3n) is 3.93. The Bertz CT molecular complexity index is 602. The molecule has 0 saturated carbocycles. The molecule has 1 aromatic carbocycles. The third-order valence-corrected chi connectivity index (χ3v) is 3.93. The molecule has 4 nitrogen and oxygen atoms in total. The molecule has 21 heavy (non-hydrogen) atoms. The number of hydrogen-bond acceptors (Lipinski definition) is 3. The normalized spacial score (nSPS) is 14.9. The van der Waals surface area contributed by atoms with Crippen LogP contribution in [0.2, 0.25) is 0 Å². The summed E-state index contributed by atoms with van der Waals surface area (Å²) in [5.41, 5.74) is 2.91. The first-order valence-electron chi connectivity index (χ1n) is 7.44. The zero-order valence-electron chi connectivity index (χ0n) is 12.3. The average Bonchev–Trinajstić information content (AvgIpc) is 3.12. The van der Waals surface area contributed by atoms with E-state index in [1.165, 1.54) is 12.8 Å². The second kappa shape index (κ2) is 6.26. The van der Waals surface area contributed by atoms with Crippen LogP contribution in [-0.2, 0) is 20.1 Å². The monoisotopic (exact) mass is 288 g/mol. The Labute approximate surface area is 124 Å². The molecule has 2 aromatic rings. The Morgan fingerprint density at radius 1 is 1.24 bits per heavy atom. The number of anilines is 1. The van der Waals surface area contributed by atoms with E-state index in [1.54, 1.807) is 16.8 Å². The minimum Gasteiger partial charge on any atom is -0.371 e. The smallest absolute Gasteiger partial charge is 0.129 e. The Balaban J connectivity index is 1.69. The summed E-state index contributed by atoms with van der Waals surface area (Å²) in [6.07, 6.45) is 6.18. The van der Waals surface area contributed by atoms with Crippen molar-refractivity contribution in [3.8, 4) is 0 Å². The van der Waals surface area contributed by atoms with Gasteiger partial charge in [-0.3, -0.25) is 4.68 Å². The minimum absolute atomic E-state index is 0.127. The summed E-state index contributed by atoms with van der Waals surface area (Å²) in [7, 11) is 1.89. The predicted octanol–water partition coefficient (Wildman–Crippen LogP) is 2.45. The molecule has 0 amide bonds. The summed E-state index contributed by atoms with van der Waals surface area (Å²) in [4.78, 5) is 2.28. The predicted molar refractivity (Wildman–Crippen MR) is 81.6 cm³/mol. The molecule has 2 heterocycles.